The monoisotopic (exact) mass is 187 g/mol. The van der Waals surface area contributed by atoms with Crippen LogP contribution in [0.1, 0.15) is 26.2 Å². The Labute approximate surface area is 76.9 Å². The molecule has 0 aliphatic rings. The quantitative estimate of drug-likeness (QED) is 0.526. The van der Waals surface area contributed by atoms with E-state index >= 15 is 0 Å². The number of nitrogens with one attached hydrogen (secondary N) is 1. The number of hydrogen-bond donors (Lipinski definition) is 2. The van der Waals surface area contributed by atoms with E-state index in [4.69, 9.17) is 0 Å². The third-order valence-corrected chi connectivity index (χ3v) is 1.77. The number of rotatable bonds is 5. The van der Waals surface area contributed by atoms with Crippen LogP contribution in [0.4, 0.5) is 0 Å². The third-order valence-electron chi connectivity index (χ3n) is 1.49. The molecule has 0 spiro atoms. The summed E-state index contributed by atoms with van der Waals surface area (Å²) in [6, 6.07) is 0. The lowest BCUT2D eigenvalue weighted by molar-refractivity contribution is 0.618. The Hall–Kier alpha value is -0.780. The predicted molar refractivity (Wildman–Crippen MR) is 48.8 cm³/mol. The summed E-state index contributed by atoms with van der Waals surface area (Å²) in [5.74, 6) is 0. The van der Waals surface area contributed by atoms with Gasteiger partial charge in [0.15, 0.2) is 0 Å². The molecule has 0 aliphatic heterocycles. The minimum Gasteiger partial charge on any atom is -0.306 e. The third kappa shape index (κ3) is 2.69. The molecule has 5 nitrogen and oxygen atoms in total. The maximum Gasteiger partial charge on any atom is 0.227 e. The molecule has 6 heteroatoms. The van der Waals surface area contributed by atoms with Gasteiger partial charge in [0.2, 0.25) is 5.16 Å². The van der Waals surface area contributed by atoms with Crippen molar-refractivity contribution in [2.45, 2.75) is 31.3 Å². The van der Waals surface area contributed by atoms with Crippen LogP contribution in [0.15, 0.2) is 5.16 Å². The lowest BCUT2D eigenvalue weighted by Crippen LogP contribution is -2.18. The molecule has 0 unspecified atom stereocenters. The summed E-state index contributed by atoms with van der Waals surface area (Å²) < 4.78 is 0. The first-order valence-corrected chi connectivity index (χ1v) is 4.50. The number of tetrazole rings is 1. The molecule has 0 saturated heterocycles. The van der Waals surface area contributed by atoms with Gasteiger partial charge in [-0.05, 0) is 16.8 Å². The van der Waals surface area contributed by atoms with Crippen LogP contribution >= 0.6 is 12.6 Å². The van der Waals surface area contributed by atoms with Crippen molar-refractivity contribution in [3.8, 4) is 0 Å². The minimum atomic E-state index is 0.492. The first kappa shape index (κ1) is 9.31. The normalized spacial score (nSPS) is 10.2. The largest absolute Gasteiger partial charge is 0.306 e. The SMILES string of the molecule is CCCCCNn1nnnc1S. The lowest BCUT2D eigenvalue weighted by Gasteiger charge is -2.03. The van der Waals surface area contributed by atoms with Crippen molar-refractivity contribution < 1.29 is 0 Å². The molecule has 12 heavy (non-hydrogen) atoms. The summed E-state index contributed by atoms with van der Waals surface area (Å²) in [4.78, 5) is 1.47. The molecule has 0 fully saturated rings. The van der Waals surface area contributed by atoms with Crippen LogP contribution in [-0.2, 0) is 0 Å². The molecule has 0 amide bonds. The van der Waals surface area contributed by atoms with Gasteiger partial charge in [0.1, 0.15) is 0 Å². The molecule has 0 aromatic carbocycles. The molecule has 0 radical (unpaired) electrons. The van der Waals surface area contributed by atoms with Crippen molar-refractivity contribution in [3.63, 3.8) is 0 Å². The summed E-state index contributed by atoms with van der Waals surface area (Å²) in [5, 5.41) is 11.2. The Kier molecular flexibility index (Phi) is 3.86. The fourth-order valence-corrected chi connectivity index (χ4v) is 0.995. The molecular formula is C6H13N5S. The smallest absolute Gasteiger partial charge is 0.227 e. The first-order chi connectivity index (χ1) is 5.84. The predicted octanol–water partition coefficient (Wildman–Crippen LogP) is 0.695. The van der Waals surface area contributed by atoms with Crippen molar-refractivity contribution in [1.29, 1.82) is 0 Å². The lowest BCUT2D eigenvalue weighted by atomic mass is 10.3. The van der Waals surface area contributed by atoms with E-state index in [1.807, 2.05) is 0 Å². The molecule has 68 valence electrons. The van der Waals surface area contributed by atoms with Crippen LogP contribution in [0, 0.1) is 0 Å². The molecule has 0 saturated carbocycles. The van der Waals surface area contributed by atoms with Crippen molar-refractivity contribution in [1.82, 2.24) is 20.3 Å². The zero-order valence-corrected chi connectivity index (χ0v) is 7.96. The maximum absolute atomic E-state index is 4.04. The molecule has 0 bridgehead atoms. The Morgan fingerprint density at radius 1 is 1.50 bits per heavy atom. The average molecular weight is 187 g/mol. The number of hydrogen-bond acceptors (Lipinski definition) is 5. The average Bonchev–Trinajstić information content (AvgIpc) is 2.46. The molecule has 1 aromatic heterocycles. The van der Waals surface area contributed by atoms with Crippen LogP contribution in [0.2, 0.25) is 0 Å². The minimum absolute atomic E-state index is 0.492. The second-order valence-corrected chi connectivity index (χ2v) is 2.91. The second-order valence-electron chi connectivity index (χ2n) is 2.51. The summed E-state index contributed by atoms with van der Waals surface area (Å²) >= 11 is 4.04. The van der Waals surface area contributed by atoms with Crippen LogP contribution in [0.25, 0.3) is 0 Å². The van der Waals surface area contributed by atoms with E-state index in [-0.39, 0.29) is 0 Å². The topological polar surface area (TPSA) is 55.6 Å². The van der Waals surface area contributed by atoms with E-state index in [0.29, 0.717) is 5.16 Å². The van der Waals surface area contributed by atoms with E-state index in [2.05, 4.69) is 40.5 Å². The number of aromatic nitrogens is 4. The summed E-state index contributed by atoms with van der Waals surface area (Å²) in [6.07, 6.45) is 3.56. The van der Waals surface area contributed by atoms with Crippen molar-refractivity contribution >= 4 is 12.6 Å². The van der Waals surface area contributed by atoms with Crippen LogP contribution in [0.5, 0.6) is 0 Å². The van der Waals surface area contributed by atoms with E-state index in [0.717, 1.165) is 13.0 Å². The fourth-order valence-electron chi connectivity index (χ4n) is 0.845. The van der Waals surface area contributed by atoms with E-state index in [1.165, 1.54) is 17.6 Å². The van der Waals surface area contributed by atoms with E-state index in [1.54, 1.807) is 0 Å². The first-order valence-electron chi connectivity index (χ1n) is 4.06. The molecular weight excluding hydrogens is 174 g/mol. The fraction of sp³-hybridized carbons (Fsp3) is 0.833. The highest BCUT2D eigenvalue weighted by atomic mass is 32.1. The number of unbranched alkanes of at least 4 members (excludes halogenated alkanes) is 2. The molecule has 1 rings (SSSR count). The van der Waals surface area contributed by atoms with Crippen molar-refractivity contribution in [3.05, 3.63) is 0 Å². The van der Waals surface area contributed by atoms with Crippen molar-refractivity contribution in [2.24, 2.45) is 0 Å². The van der Waals surface area contributed by atoms with Gasteiger partial charge in [0, 0.05) is 6.54 Å². The number of thiol groups is 1. The van der Waals surface area contributed by atoms with E-state index in [9.17, 15) is 0 Å². The van der Waals surface area contributed by atoms with Gasteiger partial charge in [-0.3, -0.25) is 0 Å². The Balaban J connectivity index is 2.20. The zero-order valence-electron chi connectivity index (χ0n) is 7.06. The molecule has 0 aliphatic carbocycles. The van der Waals surface area contributed by atoms with Crippen LogP contribution < -0.4 is 5.43 Å². The molecule has 1 N–H and O–H groups in total. The molecule has 1 heterocycles. The van der Waals surface area contributed by atoms with Gasteiger partial charge >= 0.3 is 0 Å². The van der Waals surface area contributed by atoms with Crippen LogP contribution in [0.3, 0.4) is 0 Å². The van der Waals surface area contributed by atoms with Crippen LogP contribution in [-0.4, -0.2) is 26.9 Å². The Morgan fingerprint density at radius 2 is 2.33 bits per heavy atom. The standard InChI is InChI=1S/C6H13N5S/c1-2-3-4-5-7-11-6(12)8-9-10-11/h7H,2-5H2,1H3,(H,8,10,12). The summed E-state index contributed by atoms with van der Waals surface area (Å²) in [5.41, 5.74) is 3.03. The van der Waals surface area contributed by atoms with Gasteiger partial charge in [0.25, 0.3) is 0 Å². The summed E-state index contributed by atoms with van der Waals surface area (Å²) in [7, 11) is 0. The summed E-state index contributed by atoms with van der Waals surface area (Å²) in [6.45, 7) is 3.05. The number of nitrogens with zero attached hydrogens (tertiary/aromatic N) is 4. The van der Waals surface area contributed by atoms with E-state index < -0.39 is 0 Å². The zero-order chi connectivity index (χ0) is 8.81. The van der Waals surface area contributed by atoms with Gasteiger partial charge in [-0.15, -0.1) is 4.79 Å². The second kappa shape index (κ2) is 4.97. The van der Waals surface area contributed by atoms with Gasteiger partial charge in [-0.25, -0.2) is 0 Å². The highest BCUT2D eigenvalue weighted by molar-refractivity contribution is 7.80. The van der Waals surface area contributed by atoms with Crippen molar-refractivity contribution in [2.75, 3.05) is 12.0 Å². The molecule has 0 atom stereocenters. The van der Waals surface area contributed by atoms with Gasteiger partial charge in [-0.1, -0.05) is 37.5 Å². The molecule has 1 aromatic rings. The van der Waals surface area contributed by atoms with Gasteiger partial charge in [0.05, 0.1) is 0 Å². The Morgan fingerprint density at radius 3 is 2.92 bits per heavy atom. The van der Waals surface area contributed by atoms with Gasteiger partial charge in [-0.2, -0.15) is 0 Å². The van der Waals surface area contributed by atoms with Gasteiger partial charge < -0.3 is 5.43 Å². The highest BCUT2D eigenvalue weighted by Gasteiger charge is 1.97. The maximum atomic E-state index is 4.04. The highest BCUT2D eigenvalue weighted by Crippen LogP contribution is 1.95. The Bertz CT molecular complexity index is 223.